The standard InChI is InChI=1S/C24H24ClN5O3S2/c1-24(2,31)14-8-10-27-17(12-14)21-23-13(7-9-28-21)11-18(34-23)22(30-35(32,33)15-3-4-15)20-16(25)5-6-19(26)29-20/h5-12,15,22,30-31H,3-4H2,1-2H3,(H2,26,29). The number of nitrogens with one attached hydrogen (secondary N) is 1. The Balaban J connectivity index is 1.65. The molecular weight excluding hydrogens is 506 g/mol. The first-order valence-electron chi connectivity index (χ1n) is 11.0. The van der Waals surface area contributed by atoms with Gasteiger partial charge in [-0.3, -0.25) is 9.97 Å². The van der Waals surface area contributed by atoms with E-state index in [2.05, 4.69) is 19.7 Å². The van der Waals surface area contributed by atoms with Gasteiger partial charge in [-0.2, -0.15) is 0 Å². The fourth-order valence-electron chi connectivity index (χ4n) is 3.81. The number of hydrogen-bond acceptors (Lipinski definition) is 8. The second-order valence-corrected chi connectivity index (χ2v) is 12.6. The van der Waals surface area contributed by atoms with Crippen molar-refractivity contribution < 1.29 is 13.5 Å². The van der Waals surface area contributed by atoms with Gasteiger partial charge in [-0.1, -0.05) is 11.6 Å². The maximum atomic E-state index is 12.9. The topological polar surface area (TPSA) is 131 Å². The van der Waals surface area contributed by atoms with Crippen LogP contribution in [0, 0.1) is 0 Å². The molecule has 0 spiro atoms. The average molecular weight is 530 g/mol. The highest BCUT2D eigenvalue weighted by Crippen LogP contribution is 2.40. The number of rotatable bonds is 7. The minimum atomic E-state index is -3.57. The molecule has 0 amide bonds. The Morgan fingerprint density at radius 2 is 1.91 bits per heavy atom. The Morgan fingerprint density at radius 1 is 1.17 bits per heavy atom. The lowest BCUT2D eigenvalue weighted by atomic mass is 9.98. The van der Waals surface area contributed by atoms with Crippen molar-refractivity contribution in [3.8, 4) is 11.4 Å². The molecule has 0 bridgehead atoms. The summed E-state index contributed by atoms with van der Waals surface area (Å²) in [6, 6.07) is 9.73. The molecule has 4 aromatic heterocycles. The van der Waals surface area contributed by atoms with Crippen LogP contribution in [0.25, 0.3) is 21.5 Å². The van der Waals surface area contributed by atoms with E-state index in [0.29, 0.717) is 45.4 Å². The summed E-state index contributed by atoms with van der Waals surface area (Å²) in [6.07, 6.45) is 4.58. The van der Waals surface area contributed by atoms with Gasteiger partial charge in [-0.15, -0.1) is 11.3 Å². The third-order valence-electron chi connectivity index (χ3n) is 5.86. The van der Waals surface area contributed by atoms with E-state index in [1.165, 1.54) is 11.3 Å². The Kier molecular flexibility index (Phi) is 6.05. The van der Waals surface area contributed by atoms with E-state index in [1.807, 2.05) is 18.2 Å². The van der Waals surface area contributed by atoms with Gasteiger partial charge in [-0.25, -0.2) is 18.1 Å². The maximum absolute atomic E-state index is 12.9. The van der Waals surface area contributed by atoms with Crippen molar-refractivity contribution in [3.05, 3.63) is 69.9 Å². The van der Waals surface area contributed by atoms with Crippen molar-refractivity contribution in [3.63, 3.8) is 0 Å². The van der Waals surface area contributed by atoms with Crippen LogP contribution in [0.15, 0.2) is 48.8 Å². The molecule has 1 atom stereocenters. The molecule has 11 heteroatoms. The zero-order valence-corrected chi connectivity index (χ0v) is 21.5. The van der Waals surface area contributed by atoms with Crippen LogP contribution in [-0.4, -0.2) is 33.7 Å². The normalized spacial score (nSPS) is 15.4. The van der Waals surface area contributed by atoms with Gasteiger partial charge in [0.05, 0.1) is 38.0 Å². The van der Waals surface area contributed by atoms with Crippen LogP contribution in [0.5, 0.6) is 0 Å². The number of hydrogen-bond donors (Lipinski definition) is 3. The van der Waals surface area contributed by atoms with Gasteiger partial charge in [0.15, 0.2) is 0 Å². The molecule has 1 aliphatic carbocycles. The van der Waals surface area contributed by atoms with Gasteiger partial charge in [0, 0.05) is 17.3 Å². The Labute approximate surface area is 212 Å². The number of aromatic nitrogens is 3. The van der Waals surface area contributed by atoms with E-state index in [0.717, 1.165) is 10.1 Å². The minimum Gasteiger partial charge on any atom is -0.386 e. The first kappa shape index (κ1) is 24.1. The smallest absolute Gasteiger partial charge is 0.215 e. The van der Waals surface area contributed by atoms with Crippen LogP contribution in [0.3, 0.4) is 0 Å². The quantitative estimate of drug-likeness (QED) is 0.323. The number of aliphatic hydroxyl groups is 1. The van der Waals surface area contributed by atoms with E-state index in [-0.39, 0.29) is 5.82 Å². The van der Waals surface area contributed by atoms with E-state index >= 15 is 0 Å². The number of fused-ring (bicyclic) bond motifs is 1. The summed E-state index contributed by atoms with van der Waals surface area (Å²) in [5, 5.41) is 11.2. The molecule has 0 aliphatic heterocycles. The lowest BCUT2D eigenvalue weighted by Crippen LogP contribution is -2.32. The number of thiophene rings is 1. The van der Waals surface area contributed by atoms with Crippen molar-refractivity contribution in [2.24, 2.45) is 0 Å². The molecule has 0 saturated heterocycles. The highest BCUT2D eigenvalue weighted by molar-refractivity contribution is 7.90. The van der Waals surface area contributed by atoms with Crippen LogP contribution in [0.2, 0.25) is 5.02 Å². The van der Waals surface area contributed by atoms with Crippen molar-refractivity contribution in [2.45, 2.75) is 43.6 Å². The molecule has 4 aromatic rings. The summed E-state index contributed by atoms with van der Waals surface area (Å²) in [5.41, 5.74) is 7.20. The van der Waals surface area contributed by atoms with Crippen molar-refractivity contribution in [1.29, 1.82) is 0 Å². The van der Waals surface area contributed by atoms with Gasteiger partial charge in [0.25, 0.3) is 0 Å². The summed E-state index contributed by atoms with van der Waals surface area (Å²) in [5.74, 6) is 0.246. The molecule has 0 radical (unpaired) electrons. The third kappa shape index (κ3) is 4.89. The summed E-state index contributed by atoms with van der Waals surface area (Å²) in [6.45, 7) is 3.42. The number of pyridine rings is 3. The van der Waals surface area contributed by atoms with Crippen molar-refractivity contribution in [2.75, 3.05) is 5.73 Å². The second kappa shape index (κ2) is 8.79. The number of sulfonamides is 1. The first-order chi connectivity index (χ1) is 16.5. The number of nitrogen functional groups attached to an aromatic ring is 1. The largest absolute Gasteiger partial charge is 0.386 e. The average Bonchev–Trinajstić information content (AvgIpc) is 3.58. The minimum absolute atomic E-state index is 0.246. The Bertz CT molecular complexity index is 1530. The maximum Gasteiger partial charge on any atom is 0.215 e. The van der Waals surface area contributed by atoms with E-state index < -0.39 is 26.9 Å². The SMILES string of the molecule is CC(C)(O)c1ccnc(-c2nccc3cc(C(NS(=O)(=O)C4CC4)c4nc(N)ccc4Cl)sc23)c1. The molecule has 1 aliphatic rings. The molecule has 4 heterocycles. The van der Waals surface area contributed by atoms with Gasteiger partial charge in [0.1, 0.15) is 11.5 Å². The molecule has 5 rings (SSSR count). The number of nitrogens with zero attached hydrogens (tertiary/aromatic N) is 3. The monoisotopic (exact) mass is 529 g/mol. The van der Waals surface area contributed by atoms with Crippen LogP contribution < -0.4 is 10.5 Å². The van der Waals surface area contributed by atoms with Gasteiger partial charge < -0.3 is 10.8 Å². The highest BCUT2D eigenvalue weighted by Gasteiger charge is 2.38. The highest BCUT2D eigenvalue weighted by atomic mass is 35.5. The Morgan fingerprint density at radius 3 is 2.63 bits per heavy atom. The van der Waals surface area contributed by atoms with Gasteiger partial charge >= 0.3 is 0 Å². The zero-order chi connectivity index (χ0) is 25.0. The molecule has 4 N–H and O–H groups in total. The van der Waals surface area contributed by atoms with Crippen LogP contribution >= 0.6 is 22.9 Å². The summed E-state index contributed by atoms with van der Waals surface area (Å²) >= 11 is 7.85. The lowest BCUT2D eigenvalue weighted by Gasteiger charge is -2.18. The summed E-state index contributed by atoms with van der Waals surface area (Å²) < 4.78 is 29.5. The number of anilines is 1. The number of halogens is 1. The fourth-order valence-corrected chi connectivity index (χ4v) is 6.83. The molecule has 35 heavy (non-hydrogen) atoms. The van der Waals surface area contributed by atoms with Crippen molar-refractivity contribution >= 4 is 48.9 Å². The van der Waals surface area contributed by atoms with E-state index in [9.17, 15) is 13.5 Å². The van der Waals surface area contributed by atoms with Gasteiger partial charge in [-0.05, 0) is 74.0 Å². The van der Waals surface area contributed by atoms with E-state index in [4.69, 9.17) is 17.3 Å². The number of nitrogens with two attached hydrogens (primary N) is 1. The molecule has 1 saturated carbocycles. The van der Waals surface area contributed by atoms with Crippen LogP contribution in [0.4, 0.5) is 5.82 Å². The van der Waals surface area contributed by atoms with E-state index in [1.54, 1.807) is 44.4 Å². The molecule has 8 nitrogen and oxygen atoms in total. The summed E-state index contributed by atoms with van der Waals surface area (Å²) in [7, 11) is -3.57. The van der Waals surface area contributed by atoms with Crippen LogP contribution in [0.1, 0.15) is 48.9 Å². The van der Waals surface area contributed by atoms with Crippen LogP contribution in [-0.2, 0) is 15.6 Å². The fraction of sp³-hybridized carbons (Fsp3) is 0.292. The summed E-state index contributed by atoms with van der Waals surface area (Å²) in [4.78, 5) is 14.1. The first-order valence-corrected chi connectivity index (χ1v) is 13.8. The molecule has 0 aromatic carbocycles. The molecule has 1 fully saturated rings. The predicted octanol–water partition coefficient (Wildman–Crippen LogP) is 4.39. The third-order valence-corrected chi connectivity index (χ3v) is 9.31. The second-order valence-electron chi connectivity index (χ2n) is 9.11. The lowest BCUT2D eigenvalue weighted by molar-refractivity contribution is 0.0785. The zero-order valence-electron chi connectivity index (χ0n) is 19.1. The predicted molar refractivity (Wildman–Crippen MR) is 139 cm³/mol. The molecule has 182 valence electrons. The van der Waals surface area contributed by atoms with Gasteiger partial charge in [0.2, 0.25) is 10.0 Å². The molecule has 1 unspecified atom stereocenters. The molecular formula is C24H24ClN5O3S2. The van der Waals surface area contributed by atoms with Crippen molar-refractivity contribution in [1.82, 2.24) is 19.7 Å². The Hall–Kier alpha value is -2.63.